The van der Waals surface area contributed by atoms with E-state index in [0.29, 0.717) is 0 Å². The van der Waals surface area contributed by atoms with E-state index in [2.05, 4.69) is 0 Å². The zero-order chi connectivity index (χ0) is 12.1. The predicted octanol–water partition coefficient (Wildman–Crippen LogP) is 2.92. The second-order valence-corrected chi connectivity index (χ2v) is 4.21. The van der Waals surface area contributed by atoms with Gasteiger partial charge in [0.25, 0.3) is 0 Å². The number of hydrogen-bond acceptors (Lipinski definition) is 2. The van der Waals surface area contributed by atoms with E-state index in [1.54, 1.807) is 18.4 Å². The van der Waals surface area contributed by atoms with Crippen LogP contribution in [0.3, 0.4) is 0 Å². The first-order valence-electron chi connectivity index (χ1n) is 5.76. The van der Waals surface area contributed by atoms with Crippen LogP contribution in [-0.4, -0.2) is 6.04 Å². The Kier molecular flexibility index (Phi) is 3.94. The van der Waals surface area contributed by atoms with Crippen molar-refractivity contribution in [3.63, 3.8) is 0 Å². The summed E-state index contributed by atoms with van der Waals surface area (Å²) in [5.41, 5.74) is 7.09. The van der Waals surface area contributed by atoms with Crippen molar-refractivity contribution in [1.29, 1.82) is 0 Å². The molecule has 90 valence electrons. The molecule has 0 amide bonds. The van der Waals surface area contributed by atoms with Crippen LogP contribution in [-0.2, 0) is 12.8 Å². The molecule has 17 heavy (non-hydrogen) atoms. The third kappa shape index (κ3) is 3.71. The molecule has 1 aromatic carbocycles. The van der Waals surface area contributed by atoms with E-state index in [9.17, 15) is 4.39 Å². The summed E-state index contributed by atoms with van der Waals surface area (Å²) >= 11 is 0. The van der Waals surface area contributed by atoms with Crippen LogP contribution in [0.5, 0.6) is 0 Å². The molecule has 0 bridgehead atoms. The summed E-state index contributed by atoms with van der Waals surface area (Å²) in [6, 6.07) is 10.4. The second-order valence-electron chi connectivity index (χ2n) is 4.21. The van der Waals surface area contributed by atoms with Crippen LogP contribution >= 0.6 is 0 Å². The lowest BCUT2D eigenvalue weighted by molar-refractivity contribution is 0.484. The highest BCUT2D eigenvalue weighted by Gasteiger charge is 2.06. The number of rotatable bonds is 5. The molecule has 3 heteroatoms. The molecule has 0 aliphatic carbocycles. The third-order valence-corrected chi connectivity index (χ3v) is 2.75. The monoisotopic (exact) mass is 233 g/mol. The van der Waals surface area contributed by atoms with Crippen molar-refractivity contribution in [1.82, 2.24) is 0 Å². The van der Waals surface area contributed by atoms with E-state index in [1.165, 1.54) is 12.1 Å². The van der Waals surface area contributed by atoms with E-state index in [-0.39, 0.29) is 11.9 Å². The van der Waals surface area contributed by atoms with Crippen LogP contribution in [0.25, 0.3) is 0 Å². The first kappa shape index (κ1) is 11.9. The molecule has 1 aromatic heterocycles. The van der Waals surface area contributed by atoms with Crippen LogP contribution in [0.2, 0.25) is 0 Å². The summed E-state index contributed by atoms with van der Waals surface area (Å²) in [5.74, 6) is 0.748. The first-order chi connectivity index (χ1) is 8.24. The molecule has 0 fully saturated rings. The van der Waals surface area contributed by atoms with Gasteiger partial charge in [-0.15, -0.1) is 0 Å². The van der Waals surface area contributed by atoms with Crippen LogP contribution < -0.4 is 5.73 Å². The number of benzene rings is 1. The minimum atomic E-state index is -0.210. The fraction of sp³-hybridized carbons (Fsp3) is 0.286. The molecule has 0 radical (unpaired) electrons. The molecule has 0 spiro atoms. The Labute approximate surface area is 100 Å². The molecule has 1 atom stereocenters. The molecular formula is C14H16FNO. The van der Waals surface area contributed by atoms with E-state index < -0.39 is 0 Å². The predicted molar refractivity (Wildman–Crippen MR) is 65.1 cm³/mol. The van der Waals surface area contributed by atoms with Gasteiger partial charge < -0.3 is 10.2 Å². The lowest BCUT2D eigenvalue weighted by atomic mass is 10.0. The molecule has 0 saturated carbocycles. The molecule has 1 heterocycles. The lowest BCUT2D eigenvalue weighted by Crippen LogP contribution is -2.23. The van der Waals surface area contributed by atoms with Gasteiger partial charge in [0.05, 0.1) is 6.26 Å². The summed E-state index contributed by atoms with van der Waals surface area (Å²) in [5, 5.41) is 0. The number of nitrogens with two attached hydrogens (primary N) is 1. The van der Waals surface area contributed by atoms with E-state index in [4.69, 9.17) is 10.2 Å². The van der Waals surface area contributed by atoms with Crippen molar-refractivity contribution in [2.75, 3.05) is 0 Å². The normalized spacial score (nSPS) is 12.6. The Hall–Kier alpha value is -1.61. The minimum absolute atomic E-state index is 0.0746. The van der Waals surface area contributed by atoms with Crippen molar-refractivity contribution in [2.45, 2.75) is 25.3 Å². The van der Waals surface area contributed by atoms with Crippen molar-refractivity contribution in [2.24, 2.45) is 5.73 Å². The Morgan fingerprint density at radius 3 is 2.59 bits per heavy atom. The average Bonchev–Trinajstić information content (AvgIpc) is 2.83. The summed E-state index contributed by atoms with van der Waals surface area (Å²) in [6.07, 6.45) is 4.14. The fourth-order valence-corrected chi connectivity index (χ4v) is 1.81. The maximum atomic E-state index is 12.7. The average molecular weight is 233 g/mol. The highest BCUT2D eigenvalue weighted by molar-refractivity contribution is 5.17. The van der Waals surface area contributed by atoms with E-state index >= 15 is 0 Å². The summed E-state index contributed by atoms with van der Waals surface area (Å²) in [7, 11) is 0. The molecule has 1 unspecified atom stereocenters. The highest BCUT2D eigenvalue weighted by atomic mass is 19.1. The maximum Gasteiger partial charge on any atom is 0.123 e. The fourth-order valence-electron chi connectivity index (χ4n) is 1.81. The summed E-state index contributed by atoms with van der Waals surface area (Å²) in [6.45, 7) is 0. The van der Waals surface area contributed by atoms with Gasteiger partial charge in [0.15, 0.2) is 0 Å². The molecule has 2 N–H and O–H groups in total. The largest absolute Gasteiger partial charge is 0.469 e. The smallest absolute Gasteiger partial charge is 0.123 e. The molecule has 0 aliphatic rings. The van der Waals surface area contributed by atoms with Gasteiger partial charge in [-0.1, -0.05) is 12.1 Å². The lowest BCUT2D eigenvalue weighted by Gasteiger charge is -2.10. The minimum Gasteiger partial charge on any atom is -0.469 e. The summed E-state index contributed by atoms with van der Waals surface area (Å²) in [4.78, 5) is 0. The zero-order valence-corrected chi connectivity index (χ0v) is 9.60. The number of hydrogen-bond donors (Lipinski definition) is 1. The highest BCUT2D eigenvalue weighted by Crippen LogP contribution is 2.10. The Balaban J connectivity index is 1.80. The quantitative estimate of drug-likeness (QED) is 0.862. The van der Waals surface area contributed by atoms with Crippen molar-refractivity contribution >= 4 is 0 Å². The van der Waals surface area contributed by atoms with Gasteiger partial charge in [0, 0.05) is 12.5 Å². The van der Waals surface area contributed by atoms with Gasteiger partial charge >= 0.3 is 0 Å². The molecule has 2 nitrogen and oxygen atoms in total. The molecule has 0 saturated heterocycles. The first-order valence-corrected chi connectivity index (χ1v) is 5.76. The van der Waals surface area contributed by atoms with Crippen LogP contribution in [0, 0.1) is 5.82 Å². The van der Waals surface area contributed by atoms with Gasteiger partial charge in [0.2, 0.25) is 0 Å². The van der Waals surface area contributed by atoms with E-state index in [0.717, 1.165) is 30.6 Å². The Morgan fingerprint density at radius 2 is 1.94 bits per heavy atom. The standard InChI is InChI=1S/C14H16FNO/c15-12-5-3-11(4-6-12)10-13(16)7-8-14-2-1-9-17-14/h1-6,9,13H,7-8,10,16H2. The number of aryl methyl sites for hydroxylation is 1. The van der Waals surface area contributed by atoms with Crippen LogP contribution in [0.4, 0.5) is 4.39 Å². The summed E-state index contributed by atoms with van der Waals surface area (Å²) < 4.78 is 18.0. The molecular weight excluding hydrogens is 217 g/mol. The Morgan fingerprint density at radius 1 is 1.18 bits per heavy atom. The molecule has 2 rings (SSSR count). The van der Waals surface area contributed by atoms with Gasteiger partial charge in [-0.05, 0) is 42.7 Å². The van der Waals surface area contributed by atoms with Gasteiger partial charge in [-0.3, -0.25) is 0 Å². The van der Waals surface area contributed by atoms with Crippen molar-refractivity contribution in [3.05, 3.63) is 59.8 Å². The van der Waals surface area contributed by atoms with Crippen LogP contribution in [0.1, 0.15) is 17.7 Å². The van der Waals surface area contributed by atoms with Crippen molar-refractivity contribution < 1.29 is 8.81 Å². The number of halogens is 1. The topological polar surface area (TPSA) is 39.2 Å². The second kappa shape index (κ2) is 5.64. The third-order valence-electron chi connectivity index (χ3n) is 2.75. The Bertz CT molecular complexity index is 436. The molecule has 0 aliphatic heterocycles. The van der Waals surface area contributed by atoms with Crippen LogP contribution in [0.15, 0.2) is 47.1 Å². The van der Waals surface area contributed by atoms with Gasteiger partial charge in [-0.25, -0.2) is 4.39 Å². The molecule has 2 aromatic rings. The van der Waals surface area contributed by atoms with E-state index in [1.807, 2.05) is 12.1 Å². The number of furan rings is 1. The maximum absolute atomic E-state index is 12.7. The van der Waals surface area contributed by atoms with Gasteiger partial charge in [-0.2, -0.15) is 0 Å². The zero-order valence-electron chi connectivity index (χ0n) is 9.60. The van der Waals surface area contributed by atoms with Crippen molar-refractivity contribution in [3.8, 4) is 0 Å². The SMILES string of the molecule is NC(CCc1ccco1)Cc1ccc(F)cc1. The van der Waals surface area contributed by atoms with Gasteiger partial charge in [0.1, 0.15) is 11.6 Å².